The lowest BCUT2D eigenvalue weighted by Gasteiger charge is -2.17. The Morgan fingerprint density at radius 1 is 1.24 bits per heavy atom. The van der Waals surface area contributed by atoms with Crippen molar-refractivity contribution in [2.45, 2.75) is 50.7 Å². The van der Waals surface area contributed by atoms with Gasteiger partial charge in [-0.2, -0.15) is 0 Å². The van der Waals surface area contributed by atoms with E-state index in [4.69, 9.17) is 4.74 Å². The van der Waals surface area contributed by atoms with Crippen molar-refractivity contribution in [2.24, 2.45) is 0 Å². The molecular formula is C16H21NO4. The average Bonchev–Trinajstić information content (AvgIpc) is 2.97. The van der Waals surface area contributed by atoms with E-state index < -0.39 is 18.1 Å². The largest absolute Gasteiger partial charge is 0.480 e. The van der Waals surface area contributed by atoms with Gasteiger partial charge in [-0.05, 0) is 44.1 Å². The molecule has 2 rings (SSSR count). The molecule has 0 aromatic heterocycles. The molecule has 1 aliphatic rings. The zero-order valence-electron chi connectivity index (χ0n) is 12.0. The summed E-state index contributed by atoms with van der Waals surface area (Å²) in [6.45, 7) is 0. The molecule has 1 amide bonds. The van der Waals surface area contributed by atoms with E-state index >= 15 is 0 Å². The number of hydrogen-bond donors (Lipinski definition) is 2. The highest BCUT2D eigenvalue weighted by Crippen LogP contribution is 2.21. The van der Waals surface area contributed by atoms with Gasteiger partial charge in [0.2, 0.25) is 0 Å². The highest BCUT2D eigenvalue weighted by molar-refractivity contribution is 5.79. The highest BCUT2D eigenvalue weighted by atomic mass is 16.6. The second-order valence-electron chi connectivity index (χ2n) is 5.37. The average molecular weight is 291 g/mol. The first kappa shape index (κ1) is 15.4. The van der Waals surface area contributed by atoms with Crippen molar-refractivity contribution in [1.29, 1.82) is 0 Å². The van der Waals surface area contributed by atoms with Crippen molar-refractivity contribution < 1.29 is 19.4 Å². The van der Waals surface area contributed by atoms with Gasteiger partial charge in [-0.3, -0.25) is 0 Å². The Balaban J connectivity index is 1.81. The third kappa shape index (κ3) is 5.10. The van der Waals surface area contributed by atoms with Crippen LogP contribution < -0.4 is 5.32 Å². The molecule has 0 saturated heterocycles. The van der Waals surface area contributed by atoms with E-state index in [-0.39, 0.29) is 6.10 Å². The molecule has 0 unspecified atom stereocenters. The molecule has 1 saturated carbocycles. The first-order chi connectivity index (χ1) is 10.1. The highest BCUT2D eigenvalue weighted by Gasteiger charge is 2.24. The maximum atomic E-state index is 11.7. The predicted molar refractivity (Wildman–Crippen MR) is 78.1 cm³/mol. The molecule has 0 aliphatic heterocycles. The standard InChI is InChI=1S/C16H21NO4/c18-15(19)14(11-10-12-6-2-1-3-7-12)17-16(20)21-13-8-4-5-9-13/h1-3,6-7,13-14H,4-5,8-11H2,(H,17,20)(H,18,19)/t14-/m1/s1. The molecule has 21 heavy (non-hydrogen) atoms. The number of rotatable bonds is 6. The summed E-state index contributed by atoms with van der Waals surface area (Å²) < 4.78 is 5.23. The number of carboxylic acids is 1. The fraction of sp³-hybridized carbons (Fsp3) is 0.500. The van der Waals surface area contributed by atoms with Crippen LogP contribution in [0, 0.1) is 0 Å². The fourth-order valence-electron chi connectivity index (χ4n) is 2.55. The van der Waals surface area contributed by atoms with Crippen LogP contribution in [0.5, 0.6) is 0 Å². The number of ether oxygens (including phenoxy) is 1. The molecule has 1 aromatic carbocycles. The molecule has 0 radical (unpaired) electrons. The summed E-state index contributed by atoms with van der Waals surface area (Å²) in [5, 5.41) is 11.6. The molecule has 0 spiro atoms. The quantitative estimate of drug-likeness (QED) is 0.845. The number of hydrogen-bond acceptors (Lipinski definition) is 3. The molecule has 1 atom stereocenters. The summed E-state index contributed by atoms with van der Waals surface area (Å²) in [6, 6.07) is 8.69. The maximum absolute atomic E-state index is 11.7. The molecular weight excluding hydrogens is 270 g/mol. The number of carboxylic acid groups (broad SMARTS) is 1. The molecule has 5 heteroatoms. The Kier molecular flexibility index (Phi) is 5.60. The summed E-state index contributed by atoms with van der Waals surface area (Å²) in [5.41, 5.74) is 1.05. The smallest absolute Gasteiger partial charge is 0.408 e. The molecule has 0 heterocycles. The molecule has 114 valence electrons. The van der Waals surface area contributed by atoms with Crippen LogP contribution in [0.1, 0.15) is 37.7 Å². The Bertz CT molecular complexity index is 468. The van der Waals surface area contributed by atoms with E-state index in [1.807, 2.05) is 30.3 Å². The summed E-state index contributed by atoms with van der Waals surface area (Å²) in [4.78, 5) is 23.0. The second kappa shape index (κ2) is 7.67. The minimum atomic E-state index is -1.03. The van der Waals surface area contributed by atoms with E-state index in [0.717, 1.165) is 31.2 Å². The van der Waals surface area contributed by atoms with Crippen LogP contribution in [0.2, 0.25) is 0 Å². The predicted octanol–water partition coefficient (Wildman–Crippen LogP) is 2.74. The molecule has 1 fully saturated rings. The number of alkyl carbamates (subject to hydrolysis) is 1. The van der Waals surface area contributed by atoms with Gasteiger partial charge in [0.25, 0.3) is 0 Å². The van der Waals surface area contributed by atoms with Gasteiger partial charge in [-0.25, -0.2) is 9.59 Å². The first-order valence-corrected chi connectivity index (χ1v) is 7.39. The topological polar surface area (TPSA) is 75.6 Å². The Morgan fingerprint density at radius 2 is 1.90 bits per heavy atom. The Hall–Kier alpha value is -2.04. The van der Waals surface area contributed by atoms with Crippen molar-refractivity contribution in [3.63, 3.8) is 0 Å². The van der Waals surface area contributed by atoms with Crippen molar-refractivity contribution in [2.75, 3.05) is 0 Å². The number of aryl methyl sites for hydroxylation is 1. The van der Waals surface area contributed by atoms with Gasteiger partial charge in [-0.15, -0.1) is 0 Å². The number of carbonyl (C=O) groups excluding carboxylic acids is 1. The normalized spacial score (nSPS) is 16.4. The minimum Gasteiger partial charge on any atom is -0.480 e. The summed E-state index contributed by atoms with van der Waals surface area (Å²) in [6.07, 6.45) is 4.13. The zero-order valence-corrected chi connectivity index (χ0v) is 12.0. The van der Waals surface area contributed by atoms with Crippen molar-refractivity contribution in [1.82, 2.24) is 5.32 Å². The van der Waals surface area contributed by atoms with Gasteiger partial charge in [-0.1, -0.05) is 30.3 Å². The summed E-state index contributed by atoms with van der Waals surface area (Å²) in [7, 11) is 0. The van der Waals surface area contributed by atoms with Gasteiger partial charge in [0.1, 0.15) is 12.1 Å². The number of aliphatic carboxylic acids is 1. The summed E-state index contributed by atoms with van der Waals surface area (Å²) in [5.74, 6) is -1.03. The first-order valence-electron chi connectivity index (χ1n) is 7.39. The second-order valence-corrected chi connectivity index (χ2v) is 5.37. The lowest BCUT2D eigenvalue weighted by Crippen LogP contribution is -2.42. The van der Waals surface area contributed by atoms with E-state index in [1.54, 1.807) is 0 Å². The third-order valence-electron chi connectivity index (χ3n) is 3.73. The van der Waals surface area contributed by atoms with Crippen LogP contribution in [0.25, 0.3) is 0 Å². The fourth-order valence-corrected chi connectivity index (χ4v) is 2.55. The number of benzene rings is 1. The van der Waals surface area contributed by atoms with Crippen LogP contribution in [-0.2, 0) is 16.0 Å². The van der Waals surface area contributed by atoms with Crippen LogP contribution in [0.15, 0.2) is 30.3 Å². The number of nitrogens with one attached hydrogen (secondary N) is 1. The number of carbonyl (C=O) groups is 2. The van der Waals surface area contributed by atoms with Crippen LogP contribution in [-0.4, -0.2) is 29.3 Å². The van der Waals surface area contributed by atoms with E-state index in [2.05, 4.69) is 5.32 Å². The maximum Gasteiger partial charge on any atom is 0.408 e. The van der Waals surface area contributed by atoms with Crippen LogP contribution >= 0.6 is 0 Å². The van der Waals surface area contributed by atoms with Crippen molar-refractivity contribution in [3.05, 3.63) is 35.9 Å². The molecule has 1 aliphatic carbocycles. The number of amides is 1. The van der Waals surface area contributed by atoms with Crippen LogP contribution in [0.3, 0.4) is 0 Å². The Labute approximate surface area is 124 Å². The van der Waals surface area contributed by atoms with Gasteiger partial charge < -0.3 is 15.2 Å². The monoisotopic (exact) mass is 291 g/mol. The van der Waals surface area contributed by atoms with Gasteiger partial charge >= 0.3 is 12.1 Å². The minimum absolute atomic E-state index is 0.0615. The SMILES string of the molecule is O=C(N[C@H](CCc1ccccc1)C(=O)O)OC1CCCC1. The lowest BCUT2D eigenvalue weighted by atomic mass is 10.1. The third-order valence-corrected chi connectivity index (χ3v) is 3.73. The summed E-state index contributed by atoms with van der Waals surface area (Å²) >= 11 is 0. The van der Waals surface area contributed by atoms with E-state index in [0.29, 0.717) is 12.8 Å². The van der Waals surface area contributed by atoms with Crippen LogP contribution in [0.4, 0.5) is 4.79 Å². The zero-order chi connectivity index (χ0) is 15.1. The van der Waals surface area contributed by atoms with Crippen molar-refractivity contribution in [3.8, 4) is 0 Å². The van der Waals surface area contributed by atoms with Crippen molar-refractivity contribution >= 4 is 12.1 Å². The Morgan fingerprint density at radius 3 is 2.52 bits per heavy atom. The van der Waals surface area contributed by atoms with E-state index in [1.165, 1.54) is 0 Å². The lowest BCUT2D eigenvalue weighted by molar-refractivity contribution is -0.139. The molecule has 0 bridgehead atoms. The van der Waals surface area contributed by atoms with Gasteiger partial charge in [0.15, 0.2) is 0 Å². The van der Waals surface area contributed by atoms with Gasteiger partial charge in [0, 0.05) is 0 Å². The molecule has 2 N–H and O–H groups in total. The van der Waals surface area contributed by atoms with Gasteiger partial charge in [0.05, 0.1) is 0 Å². The molecule has 1 aromatic rings. The molecule has 5 nitrogen and oxygen atoms in total. The van der Waals surface area contributed by atoms with E-state index in [9.17, 15) is 14.7 Å².